The highest BCUT2D eigenvalue weighted by molar-refractivity contribution is 9.09. The number of rotatable bonds is 21. The number of hydrogen-bond acceptors (Lipinski definition) is 2. The minimum atomic E-state index is 0.0250. The van der Waals surface area contributed by atoms with E-state index in [1.54, 1.807) is 0 Å². The first kappa shape index (κ1) is 27.0. The van der Waals surface area contributed by atoms with Crippen LogP contribution in [0.15, 0.2) is 0 Å². The van der Waals surface area contributed by atoms with Crippen LogP contribution in [0.1, 0.15) is 129 Å². The Morgan fingerprint density at radius 1 is 0.704 bits per heavy atom. The van der Waals surface area contributed by atoms with E-state index in [1.807, 2.05) is 0 Å². The molecule has 0 aromatic rings. The van der Waals surface area contributed by atoms with Crippen molar-refractivity contribution in [1.29, 1.82) is 0 Å². The molecule has 0 aliphatic carbocycles. The molecule has 1 unspecified atom stereocenters. The fourth-order valence-electron chi connectivity index (χ4n) is 3.56. The van der Waals surface area contributed by atoms with Crippen LogP contribution < -0.4 is 0 Å². The second kappa shape index (κ2) is 22.2. The second-order valence-corrected chi connectivity index (χ2v) is 8.95. The predicted molar refractivity (Wildman–Crippen MR) is 123 cm³/mol. The number of halogens is 1. The van der Waals surface area contributed by atoms with Crippen LogP contribution in [0.5, 0.6) is 0 Å². The van der Waals surface area contributed by atoms with E-state index in [-0.39, 0.29) is 5.97 Å². The number of esters is 1. The number of unbranched alkanes of at least 4 members (excludes halogenated alkanes) is 12. The monoisotopic (exact) mass is 446 g/mol. The zero-order chi connectivity index (χ0) is 20.0. The summed E-state index contributed by atoms with van der Waals surface area (Å²) < 4.78 is 5.64. The van der Waals surface area contributed by atoms with Crippen molar-refractivity contribution in [3.8, 4) is 0 Å². The smallest absolute Gasteiger partial charge is 0.305 e. The molecular formula is C24H47BrO2. The van der Waals surface area contributed by atoms with Gasteiger partial charge in [-0.1, -0.05) is 113 Å². The minimum absolute atomic E-state index is 0.0250. The van der Waals surface area contributed by atoms with Crippen molar-refractivity contribution in [3.63, 3.8) is 0 Å². The zero-order valence-corrected chi connectivity index (χ0v) is 20.0. The summed E-state index contributed by atoms with van der Waals surface area (Å²) in [5, 5.41) is 1.09. The topological polar surface area (TPSA) is 26.3 Å². The van der Waals surface area contributed by atoms with Crippen LogP contribution in [0.2, 0.25) is 0 Å². The lowest BCUT2D eigenvalue weighted by molar-refractivity contribution is -0.145. The molecule has 0 aliphatic heterocycles. The Morgan fingerprint density at radius 2 is 1.19 bits per heavy atom. The molecule has 0 amide bonds. The van der Waals surface area contributed by atoms with Gasteiger partial charge in [0.05, 0.1) is 6.61 Å². The quantitative estimate of drug-likeness (QED) is 0.100. The molecule has 0 aliphatic rings. The summed E-state index contributed by atoms with van der Waals surface area (Å²) in [6.07, 6.45) is 22.2. The van der Waals surface area contributed by atoms with Crippen molar-refractivity contribution in [2.24, 2.45) is 5.92 Å². The number of carbonyl (C=O) groups excluding carboxylic acids is 1. The van der Waals surface area contributed by atoms with Crippen molar-refractivity contribution < 1.29 is 9.53 Å². The average Bonchev–Trinajstić information content (AvgIpc) is 2.67. The summed E-state index contributed by atoms with van der Waals surface area (Å²) in [5.41, 5.74) is 0. The van der Waals surface area contributed by atoms with Gasteiger partial charge < -0.3 is 4.74 Å². The van der Waals surface area contributed by atoms with E-state index in [9.17, 15) is 4.79 Å². The molecule has 162 valence electrons. The van der Waals surface area contributed by atoms with Crippen LogP contribution in [0, 0.1) is 5.92 Å². The third kappa shape index (κ3) is 20.5. The van der Waals surface area contributed by atoms with E-state index in [4.69, 9.17) is 4.74 Å². The van der Waals surface area contributed by atoms with E-state index in [0.717, 1.165) is 18.2 Å². The van der Waals surface area contributed by atoms with E-state index in [0.29, 0.717) is 18.9 Å². The van der Waals surface area contributed by atoms with Gasteiger partial charge in [0.25, 0.3) is 0 Å². The van der Waals surface area contributed by atoms with Crippen molar-refractivity contribution in [2.45, 2.75) is 129 Å². The fourth-order valence-corrected chi connectivity index (χ4v) is 3.96. The molecule has 0 fully saturated rings. The molecule has 0 radical (unpaired) electrons. The molecule has 0 aromatic carbocycles. The number of carbonyl (C=O) groups is 1. The van der Waals surface area contributed by atoms with Crippen LogP contribution in [-0.4, -0.2) is 17.9 Å². The van der Waals surface area contributed by atoms with Gasteiger partial charge in [-0.25, -0.2) is 0 Å². The van der Waals surface area contributed by atoms with Gasteiger partial charge in [0.1, 0.15) is 0 Å². The van der Waals surface area contributed by atoms with Crippen LogP contribution in [0.25, 0.3) is 0 Å². The molecule has 2 nitrogen and oxygen atoms in total. The highest BCUT2D eigenvalue weighted by atomic mass is 79.9. The van der Waals surface area contributed by atoms with Crippen LogP contribution in [0.3, 0.4) is 0 Å². The Balaban J connectivity index is 3.89. The van der Waals surface area contributed by atoms with Gasteiger partial charge in [0.2, 0.25) is 0 Å². The van der Waals surface area contributed by atoms with Gasteiger partial charge in [-0.15, -0.1) is 0 Å². The van der Waals surface area contributed by atoms with E-state index >= 15 is 0 Å². The molecule has 0 heterocycles. The summed E-state index contributed by atoms with van der Waals surface area (Å²) in [7, 11) is 0. The normalized spacial score (nSPS) is 12.3. The lowest BCUT2D eigenvalue weighted by atomic mass is 9.95. The molecule has 3 heteroatoms. The lowest BCUT2D eigenvalue weighted by Gasteiger charge is -2.17. The van der Waals surface area contributed by atoms with E-state index in [1.165, 1.54) is 96.3 Å². The van der Waals surface area contributed by atoms with Gasteiger partial charge in [0.15, 0.2) is 0 Å². The van der Waals surface area contributed by atoms with Gasteiger partial charge in [-0.05, 0) is 31.6 Å². The Bertz CT molecular complexity index is 307. The maximum Gasteiger partial charge on any atom is 0.305 e. The number of hydrogen-bond donors (Lipinski definition) is 0. The zero-order valence-electron chi connectivity index (χ0n) is 18.4. The Kier molecular flexibility index (Phi) is 22.2. The lowest BCUT2D eigenvalue weighted by Crippen LogP contribution is -2.14. The summed E-state index contributed by atoms with van der Waals surface area (Å²) >= 11 is 3.46. The van der Waals surface area contributed by atoms with Crippen molar-refractivity contribution in [1.82, 2.24) is 0 Å². The molecule has 0 spiro atoms. The first-order valence-electron chi connectivity index (χ1n) is 12.0. The predicted octanol–water partition coefficient (Wildman–Crippen LogP) is 8.60. The third-order valence-electron chi connectivity index (χ3n) is 5.43. The maximum absolute atomic E-state index is 12.0. The van der Waals surface area contributed by atoms with E-state index in [2.05, 4.69) is 29.8 Å². The van der Waals surface area contributed by atoms with Crippen molar-refractivity contribution >= 4 is 21.9 Å². The molecule has 0 saturated carbocycles. The van der Waals surface area contributed by atoms with E-state index < -0.39 is 0 Å². The standard InChI is InChI=1S/C24H47BrO2/c1-3-5-7-9-11-15-19-23(18-14-8-6-4-2)22-27-24(26)20-16-12-10-13-17-21-25/h23H,3-22H2,1-2H3. The second-order valence-electron chi connectivity index (χ2n) is 8.16. The van der Waals surface area contributed by atoms with Gasteiger partial charge in [-0.2, -0.15) is 0 Å². The summed E-state index contributed by atoms with van der Waals surface area (Å²) in [6.45, 7) is 5.18. The first-order valence-corrected chi connectivity index (χ1v) is 13.1. The fraction of sp³-hybridized carbons (Fsp3) is 0.958. The molecule has 1 atom stereocenters. The van der Waals surface area contributed by atoms with Gasteiger partial charge in [0, 0.05) is 11.8 Å². The SMILES string of the molecule is CCCCCCCCC(CCCCCC)COC(=O)CCCCCCCBr. The highest BCUT2D eigenvalue weighted by Gasteiger charge is 2.12. The largest absolute Gasteiger partial charge is 0.465 e. The molecule has 0 bridgehead atoms. The Morgan fingerprint density at radius 3 is 1.78 bits per heavy atom. The van der Waals surface area contributed by atoms with Gasteiger partial charge in [-0.3, -0.25) is 4.79 Å². The summed E-state index contributed by atoms with van der Waals surface area (Å²) in [4.78, 5) is 12.0. The van der Waals surface area contributed by atoms with Crippen LogP contribution in [-0.2, 0) is 9.53 Å². The number of ether oxygens (including phenoxy) is 1. The molecule has 0 N–H and O–H groups in total. The third-order valence-corrected chi connectivity index (χ3v) is 5.99. The summed E-state index contributed by atoms with van der Waals surface area (Å²) in [5.74, 6) is 0.605. The Labute approximate surface area is 178 Å². The summed E-state index contributed by atoms with van der Waals surface area (Å²) in [6, 6.07) is 0. The molecule has 27 heavy (non-hydrogen) atoms. The Hall–Kier alpha value is -0.0500. The molecule has 0 rings (SSSR count). The van der Waals surface area contributed by atoms with Crippen LogP contribution in [0.4, 0.5) is 0 Å². The highest BCUT2D eigenvalue weighted by Crippen LogP contribution is 2.20. The molecule has 0 saturated heterocycles. The van der Waals surface area contributed by atoms with Crippen molar-refractivity contribution in [2.75, 3.05) is 11.9 Å². The molecule has 0 aromatic heterocycles. The van der Waals surface area contributed by atoms with Crippen LogP contribution >= 0.6 is 15.9 Å². The minimum Gasteiger partial charge on any atom is -0.465 e. The maximum atomic E-state index is 12.0. The first-order chi connectivity index (χ1) is 13.2. The van der Waals surface area contributed by atoms with Gasteiger partial charge >= 0.3 is 5.97 Å². The average molecular weight is 448 g/mol. The number of alkyl halides is 1. The molecular weight excluding hydrogens is 400 g/mol. The van der Waals surface area contributed by atoms with Crippen molar-refractivity contribution in [3.05, 3.63) is 0 Å².